The summed E-state index contributed by atoms with van der Waals surface area (Å²) in [4.78, 5) is 11.8. The van der Waals surface area contributed by atoms with Gasteiger partial charge in [0, 0.05) is 28.4 Å². The highest BCUT2D eigenvalue weighted by Crippen LogP contribution is 2.15. The SMILES string of the molecule is O=C(C=CNc1cc(F)ccc1F)c1ccc(Br)cc1. The second-order valence-corrected chi connectivity index (χ2v) is 4.89. The molecule has 0 atom stereocenters. The zero-order chi connectivity index (χ0) is 14.5. The quantitative estimate of drug-likeness (QED) is 0.655. The molecule has 0 radical (unpaired) electrons. The fourth-order valence-corrected chi connectivity index (χ4v) is 1.79. The van der Waals surface area contributed by atoms with Gasteiger partial charge in [0.2, 0.25) is 0 Å². The first-order valence-electron chi connectivity index (χ1n) is 5.74. The van der Waals surface area contributed by atoms with Gasteiger partial charge in [-0.2, -0.15) is 0 Å². The van der Waals surface area contributed by atoms with Crippen LogP contribution in [0.2, 0.25) is 0 Å². The van der Waals surface area contributed by atoms with Gasteiger partial charge in [-0.25, -0.2) is 8.78 Å². The Hall–Kier alpha value is -2.01. The summed E-state index contributed by atoms with van der Waals surface area (Å²) in [6.07, 6.45) is 2.54. The van der Waals surface area contributed by atoms with Gasteiger partial charge in [-0.3, -0.25) is 4.79 Å². The molecule has 0 fully saturated rings. The third kappa shape index (κ3) is 3.74. The van der Waals surface area contributed by atoms with Gasteiger partial charge in [-0.15, -0.1) is 0 Å². The first kappa shape index (κ1) is 14.4. The largest absolute Gasteiger partial charge is 0.359 e. The minimum atomic E-state index is -0.591. The Morgan fingerprint density at radius 3 is 2.50 bits per heavy atom. The molecular weight excluding hydrogens is 328 g/mol. The molecule has 0 amide bonds. The molecule has 2 aromatic rings. The molecule has 2 rings (SSSR count). The van der Waals surface area contributed by atoms with E-state index >= 15 is 0 Å². The summed E-state index contributed by atoms with van der Waals surface area (Å²) >= 11 is 3.27. The van der Waals surface area contributed by atoms with E-state index in [9.17, 15) is 13.6 Å². The first-order valence-corrected chi connectivity index (χ1v) is 6.53. The van der Waals surface area contributed by atoms with Gasteiger partial charge >= 0.3 is 0 Å². The van der Waals surface area contributed by atoms with Crippen LogP contribution in [0.4, 0.5) is 14.5 Å². The van der Waals surface area contributed by atoms with Gasteiger partial charge in [-0.1, -0.05) is 15.9 Å². The van der Waals surface area contributed by atoms with E-state index in [2.05, 4.69) is 21.2 Å². The van der Waals surface area contributed by atoms with Crippen molar-refractivity contribution in [1.82, 2.24) is 0 Å². The maximum absolute atomic E-state index is 13.3. The highest BCUT2D eigenvalue weighted by atomic mass is 79.9. The van der Waals surface area contributed by atoms with E-state index in [1.54, 1.807) is 24.3 Å². The molecule has 0 heterocycles. The van der Waals surface area contributed by atoms with E-state index in [-0.39, 0.29) is 11.5 Å². The van der Waals surface area contributed by atoms with Gasteiger partial charge in [-0.05, 0) is 36.4 Å². The summed E-state index contributed by atoms with van der Waals surface area (Å²) in [7, 11) is 0. The van der Waals surface area contributed by atoms with Gasteiger partial charge in [0.05, 0.1) is 5.69 Å². The average molecular weight is 338 g/mol. The summed E-state index contributed by atoms with van der Waals surface area (Å²) < 4.78 is 27.1. The van der Waals surface area contributed by atoms with Crippen molar-refractivity contribution in [3.63, 3.8) is 0 Å². The molecule has 0 unspecified atom stereocenters. The van der Waals surface area contributed by atoms with Crippen LogP contribution in [0, 0.1) is 11.6 Å². The van der Waals surface area contributed by atoms with Crippen LogP contribution in [0.25, 0.3) is 0 Å². The Kier molecular flexibility index (Phi) is 4.63. The zero-order valence-electron chi connectivity index (χ0n) is 10.2. The lowest BCUT2D eigenvalue weighted by molar-refractivity contribution is 0.104. The number of nitrogens with one attached hydrogen (secondary N) is 1. The number of anilines is 1. The Morgan fingerprint density at radius 1 is 1.10 bits per heavy atom. The van der Waals surface area contributed by atoms with Crippen molar-refractivity contribution in [2.75, 3.05) is 5.32 Å². The summed E-state index contributed by atoms with van der Waals surface area (Å²) in [6.45, 7) is 0. The van der Waals surface area contributed by atoms with Crippen molar-refractivity contribution in [1.29, 1.82) is 0 Å². The third-order valence-electron chi connectivity index (χ3n) is 2.53. The number of allylic oxidation sites excluding steroid dienone is 1. The zero-order valence-corrected chi connectivity index (χ0v) is 11.8. The van der Waals surface area contributed by atoms with Gasteiger partial charge in [0.25, 0.3) is 0 Å². The molecule has 0 saturated heterocycles. The van der Waals surface area contributed by atoms with Crippen molar-refractivity contribution >= 4 is 27.4 Å². The fraction of sp³-hybridized carbons (Fsp3) is 0. The topological polar surface area (TPSA) is 29.1 Å². The van der Waals surface area contributed by atoms with Crippen molar-refractivity contribution in [2.24, 2.45) is 0 Å². The van der Waals surface area contributed by atoms with Crippen LogP contribution in [-0.4, -0.2) is 5.78 Å². The maximum Gasteiger partial charge on any atom is 0.187 e. The molecule has 0 aliphatic carbocycles. The Morgan fingerprint density at radius 2 is 1.80 bits per heavy atom. The predicted molar refractivity (Wildman–Crippen MR) is 77.6 cm³/mol. The lowest BCUT2D eigenvalue weighted by atomic mass is 10.1. The lowest BCUT2D eigenvalue weighted by Gasteiger charge is -2.02. The normalized spacial score (nSPS) is 10.8. The van der Waals surface area contributed by atoms with Crippen LogP contribution in [0.15, 0.2) is 59.2 Å². The minimum Gasteiger partial charge on any atom is -0.359 e. The van der Waals surface area contributed by atoms with E-state index in [0.29, 0.717) is 5.56 Å². The molecule has 20 heavy (non-hydrogen) atoms. The standard InChI is InChI=1S/C15H10BrF2NO/c16-11-3-1-10(2-4-11)15(20)7-8-19-14-9-12(17)5-6-13(14)18/h1-9,19H. The number of benzene rings is 2. The molecule has 2 aromatic carbocycles. The Bertz CT molecular complexity index is 653. The van der Waals surface area contributed by atoms with E-state index in [1.807, 2.05) is 0 Å². The molecule has 1 N–H and O–H groups in total. The van der Waals surface area contributed by atoms with Crippen LogP contribution in [0.1, 0.15) is 10.4 Å². The molecule has 0 aliphatic heterocycles. The van der Waals surface area contributed by atoms with Crippen LogP contribution >= 0.6 is 15.9 Å². The minimum absolute atomic E-state index is 0.0233. The Balaban J connectivity index is 2.04. The van der Waals surface area contributed by atoms with Gasteiger partial charge in [0.15, 0.2) is 5.78 Å². The second kappa shape index (κ2) is 6.43. The summed E-state index contributed by atoms with van der Waals surface area (Å²) in [5, 5.41) is 2.54. The third-order valence-corrected chi connectivity index (χ3v) is 3.06. The lowest BCUT2D eigenvalue weighted by Crippen LogP contribution is -1.97. The highest BCUT2D eigenvalue weighted by molar-refractivity contribution is 9.10. The van der Waals surface area contributed by atoms with E-state index < -0.39 is 11.6 Å². The molecule has 0 spiro atoms. The maximum atomic E-state index is 13.3. The molecule has 0 bridgehead atoms. The molecule has 102 valence electrons. The fourth-order valence-electron chi connectivity index (χ4n) is 1.53. The monoisotopic (exact) mass is 337 g/mol. The van der Waals surface area contributed by atoms with Crippen molar-refractivity contribution in [2.45, 2.75) is 0 Å². The number of halogens is 3. The molecule has 0 saturated carbocycles. The number of hydrogen-bond acceptors (Lipinski definition) is 2. The molecular formula is C15H10BrF2NO. The van der Waals surface area contributed by atoms with Crippen LogP contribution in [0.5, 0.6) is 0 Å². The number of hydrogen-bond donors (Lipinski definition) is 1. The van der Waals surface area contributed by atoms with Gasteiger partial charge in [0.1, 0.15) is 11.6 Å². The first-order chi connectivity index (χ1) is 9.56. The van der Waals surface area contributed by atoms with Crippen LogP contribution in [0.3, 0.4) is 0 Å². The number of ketones is 1. The van der Waals surface area contributed by atoms with Crippen LogP contribution in [-0.2, 0) is 0 Å². The summed E-state index contributed by atoms with van der Waals surface area (Å²) in [5.74, 6) is -1.38. The molecule has 5 heteroatoms. The van der Waals surface area contributed by atoms with Crippen molar-refractivity contribution in [3.8, 4) is 0 Å². The molecule has 2 nitrogen and oxygen atoms in total. The molecule has 0 aliphatic rings. The van der Waals surface area contributed by atoms with Crippen molar-refractivity contribution < 1.29 is 13.6 Å². The second-order valence-electron chi connectivity index (χ2n) is 3.97. The number of carbonyl (C=O) groups is 1. The predicted octanol–water partition coefficient (Wildman–Crippen LogP) is 4.54. The van der Waals surface area contributed by atoms with Gasteiger partial charge < -0.3 is 5.32 Å². The summed E-state index contributed by atoms with van der Waals surface area (Å²) in [5.41, 5.74) is 0.482. The Labute approximate surface area is 123 Å². The number of carbonyl (C=O) groups excluding carboxylic acids is 1. The average Bonchev–Trinajstić information content (AvgIpc) is 2.43. The smallest absolute Gasteiger partial charge is 0.187 e. The van der Waals surface area contributed by atoms with Crippen molar-refractivity contribution in [3.05, 3.63) is 76.4 Å². The summed E-state index contributed by atoms with van der Waals surface area (Å²) in [6, 6.07) is 9.89. The molecule has 0 aromatic heterocycles. The number of rotatable bonds is 4. The van der Waals surface area contributed by atoms with E-state index in [0.717, 1.165) is 22.7 Å². The van der Waals surface area contributed by atoms with E-state index in [4.69, 9.17) is 0 Å². The highest BCUT2D eigenvalue weighted by Gasteiger charge is 2.03. The van der Waals surface area contributed by atoms with E-state index in [1.165, 1.54) is 12.3 Å². The van der Waals surface area contributed by atoms with Crippen LogP contribution < -0.4 is 5.32 Å².